The predicted octanol–water partition coefficient (Wildman–Crippen LogP) is 2.97. The number of halogens is 1. The van der Waals surface area contributed by atoms with Crippen molar-refractivity contribution in [3.63, 3.8) is 0 Å². The van der Waals surface area contributed by atoms with E-state index in [1.54, 1.807) is 0 Å². The van der Waals surface area contributed by atoms with Crippen molar-refractivity contribution in [2.75, 3.05) is 19.6 Å². The highest BCUT2D eigenvalue weighted by Gasteiger charge is 2.26. The quantitative estimate of drug-likeness (QED) is 0.849. The molecular formula is C20H30ClN5O. The van der Waals surface area contributed by atoms with Gasteiger partial charge in [-0.3, -0.25) is 4.90 Å². The van der Waals surface area contributed by atoms with Crippen LogP contribution in [0.1, 0.15) is 49.8 Å². The number of piperidine rings is 1. The summed E-state index contributed by atoms with van der Waals surface area (Å²) in [4.78, 5) is 2.55. The third kappa shape index (κ3) is 4.81. The first-order chi connectivity index (χ1) is 12.7. The van der Waals surface area contributed by atoms with Gasteiger partial charge in [0.05, 0.1) is 12.6 Å². The lowest BCUT2D eigenvalue weighted by Gasteiger charge is -2.32. The fraction of sp³-hybridized carbons (Fsp3) is 0.600. The summed E-state index contributed by atoms with van der Waals surface area (Å²) >= 11 is 0. The van der Waals surface area contributed by atoms with Gasteiger partial charge in [-0.1, -0.05) is 12.1 Å². The zero-order chi connectivity index (χ0) is 17.9. The summed E-state index contributed by atoms with van der Waals surface area (Å²) in [6.45, 7) is 10.2. The molecule has 7 heteroatoms. The number of benzene rings is 1. The van der Waals surface area contributed by atoms with E-state index in [4.69, 9.17) is 4.74 Å². The van der Waals surface area contributed by atoms with Crippen LogP contribution in [-0.4, -0.2) is 45.4 Å². The molecule has 0 aliphatic carbocycles. The summed E-state index contributed by atoms with van der Waals surface area (Å²) in [7, 11) is 0. The lowest BCUT2D eigenvalue weighted by atomic mass is 9.95. The van der Waals surface area contributed by atoms with Crippen LogP contribution in [0.5, 0.6) is 5.75 Å². The molecule has 1 N–H and O–H groups in total. The molecule has 148 valence electrons. The van der Waals surface area contributed by atoms with E-state index in [1.807, 2.05) is 0 Å². The van der Waals surface area contributed by atoms with Crippen molar-refractivity contribution < 1.29 is 4.74 Å². The van der Waals surface area contributed by atoms with Gasteiger partial charge in [0.2, 0.25) is 0 Å². The van der Waals surface area contributed by atoms with Crippen LogP contribution in [0.3, 0.4) is 0 Å². The minimum Gasteiger partial charge on any atom is -0.491 e. The van der Waals surface area contributed by atoms with E-state index in [9.17, 15) is 0 Å². The van der Waals surface area contributed by atoms with Gasteiger partial charge >= 0.3 is 0 Å². The van der Waals surface area contributed by atoms with Crippen LogP contribution < -0.4 is 10.1 Å². The molecule has 0 saturated carbocycles. The lowest BCUT2D eigenvalue weighted by Crippen LogP contribution is -2.34. The molecule has 0 bridgehead atoms. The molecule has 0 radical (unpaired) electrons. The SMILES string of the molecule is CC(C)Oc1ccc(CN2CCC(c3nnc4n3CCNC4)CC2)cc1.Cl. The summed E-state index contributed by atoms with van der Waals surface area (Å²) in [5, 5.41) is 12.2. The van der Waals surface area contributed by atoms with E-state index in [2.05, 4.69) is 63.1 Å². The van der Waals surface area contributed by atoms with Gasteiger partial charge in [0.25, 0.3) is 0 Å². The molecule has 6 nitrogen and oxygen atoms in total. The summed E-state index contributed by atoms with van der Waals surface area (Å²) < 4.78 is 8.06. The molecule has 1 fully saturated rings. The largest absolute Gasteiger partial charge is 0.491 e. The second-order valence-corrected chi connectivity index (χ2v) is 7.66. The van der Waals surface area contributed by atoms with Gasteiger partial charge in [-0.15, -0.1) is 22.6 Å². The maximum absolute atomic E-state index is 5.73. The molecule has 1 aromatic heterocycles. The number of nitrogens with zero attached hydrogens (tertiary/aromatic N) is 4. The second kappa shape index (κ2) is 9.04. The smallest absolute Gasteiger partial charge is 0.147 e. The molecule has 1 aromatic carbocycles. The average Bonchev–Trinajstić information content (AvgIpc) is 3.08. The van der Waals surface area contributed by atoms with E-state index >= 15 is 0 Å². The van der Waals surface area contributed by atoms with Gasteiger partial charge in [-0.05, 0) is 57.5 Å². The minimum absolute atomic E-state index is 0. The zero-order valence-corrected chi connectivity index (χ0v) is 17.0. The van der Waals surface area contributed by atoms with Crippen molar-refractivity contribution in [2.24, 2.45) is 0 Å². The highest BCUT2D eigenvalue weighted by Crippen LogP contribution is 2.28. The average molecular weight is 392 g/mol. The van der Waals surface area contributed by atoms with Gasteiger partial charge in [0, 0.05) is 25.6 Å². The van der Waals surface area contributed by atoms with E-state index in [1.165, 1.54) is 24.2 Å². The first-order valence-corrected chi connectivity index (χ1v) is 9.79. The second-order valence-electron chi connectivity index (χ2n) is 7.66. The van der Waals surface area contributed by atoms with E-state index in [0.717, 1.165) is 50.8 Å². The maximum Gasteiger partial charge on any atom is 0.147 e. The normalized spacial score (nSPS) is 18.2. The summed E-state index contributed by atoms with van der Waals surface area (Å²) in [6.07, 6.45) is 2.55. The molecule has 0 amide bonds. The van der Waals surface area contributed by atoms with E-state index in [-0.39, 0.29) is 18.5 Å². The molecule has 4 rings (SSSR count). The Bertz CT molecular complexity index is 722. The molecule has 0 atom stereocenters. The van der Waals surface area contributed by atoms with E-state index < -0.39 is 0 Å². The minimum atomic E-state index is 0. The fourth-order valence-corrected chi connectivity index (χ4v) is 3.97. The Balaban J connectivity index is 0.00000210. The number of hydrogen-bond acceptors (Lipinski definition) is 5. The maximum atomic E-state index is 5.73. The predicted molar refractivity (Wildman–Crippen MR) is 108 cm³/mol. The summed E-state index contributed by atoms with van der Waals surface area (Å²) in [5.74, 6) is 3.80. The van der Waals surface area contributed by atoms with Crippen LogP contribution in [0.25, 0.3) is 0 Å². The Morgan fingerprint density at radius 3 is 2.56 bits per heavy atom. The molecule has 2 aliphatic heterocycles. The standard InChI is InChI=1S/C20H29N5O.ClH/c1-15(2)26-18-5-3-16(4-6-18)14-24-10-7-17(8-11-24)20-23-22-19-13-21-9-12-25(19)20;/h3-6,15,17,21H,7-14H2,1-2H3;1H. The van der Waals surface area contributed by atoms with Crippen LogP contribution in [0, 0.1) is 0 Å². The number of ether oxygens (including phenoxy) is 1. The zero-order valence-electron chi connectivity index (χ0n) is 16.2. The van der Waals surface area contributed by atoms with Crippen molar-refractivity contribution in [3.05, 3.63) is 41.5 Å². The van der Waals surface area contributed by atoms with Crippen LogP contribution in [0.2, 0.25) is 0 Å². The van der Waals surface area contributed by atoms with Crippen molar-refractivity contribution in [2.45, 2.75) is 58.3 Å². The summed E-state index contributed by atoms with van der Waals surface area (Å²) in [5.41, 5.74) is 1.35. The Labute approximate surface area is 167 Å². The van der Waals surface area contributed by atoms with Crippen molar-refractivity contribution >= 4 is 12.4 Å². The number of aromatic nitrogens is 3. The number of likely N-dealkylation sites (tertiary alicyclic amines) is 1. The highest BCUT2D eigenvalue weighted by molar-refractivity contribution is 5.85. The van der Waals surface area contributed by atoms with Gasteiger partial charge in [0.1, 0.15) is 17.4 Å². The molecule has 2 aliphatic rings. The Hall–Kier alpha value is -1.63. The van der Waals surface area contributed by atoms with E-state index in [0.29, 0.717) is 5.92 Å². The van der Waals surface area contributed by atoms with Crippen molar-refractivity contribution in [1.29, 1.82) is 0 Å². The third-order valence-corrected chi connectivity index (χ3v) is 5.31. The van der Waals surface area contributed by atoms with Gasteiger partial charge in [-0.2, -0.15) is 0 Å². The first-order valence-electron chi connectivity index (χ1n) is 9.79. The number of fused-ring (bicyclic) bond motifs is 1. The first kappa shape index (κ1) is 20.1. The van der Waals surface area contributed by atoms with Crippen LogP contribution >= 0.6 is 12.4 Å². The number of rotatable bonds is 5. The molecule has 0 unspecified atom stereocenters. The van der Waals surface area contributed by atoms with Crippen molar-refractivity contribution in [1.82, 2.24) is 25.0 Å². The van der Waals surface area contributed by atoms with Gasteiger partial charge < -0.3 is 14.6 Å². The fourth-order valence-electron chi connectivity index (χ4n) is 3.97. The van der Waals surface area contributed by atoms with Crippen LogP contribution in [-0.2, 0) is 19.6 Å². The van der Waals surface area contributed by atoms with Gasteiger partial charge in [-0.25, -0.2) is 0 Å². The Morgan fingerprint density at radius 1 is 1.11 bits per heavy atom. The number of nitrogens with one attached hydrogen (secondary N) is 1. The van der Waals surface area contributed by atoms with Crippen LogP contribution in [0.4, 0.5) is 0 Å². The Kier molecular flexibility index (Phi) is 6.73. The highest BCUT2D eigenvalue weighted by atomic mass is 35.5. The molecule has 2 aromatic rings. The third-order valence-electron chi connectivity index (χ3n) is 5.31. The molecule has 3 heterocycles. The van der Waals surface area contributed by atoms with Crippen molar-refractivity contribution in [3.8, 4) is 5.75 Å². The monoisotopic (exact) mass is 391 g/mol. The van der Waals surface area contributed by atoms with Crippen LogP contribution in [0.15, 0.2) is 24.3 Å². The molecule has 27 heavy (non-hydrogen) atoms. The summed E-state index contributed by atoms with van der Waals surface area (Å²) in [6, 6.07) is 8.54. The van der Waals surface area contributed by atoms with Gasteiger partial charge in [0.15, 0.2) is 0 Å². The topological polar surface area (TPSA) is 55.2 Å². The lowest BCUT2D eigenvalue weighted by molar-refractivity contribution is 0.199. The Morgan fingerprint density at radius 2 is 1.85 bits per heavy atom. The number of hydrogen-bond donors (Lipinski definition) is 1. The molecular weight excluding hydrogens is 362 g/mol. The molecule has 0 spiro atoms. The molecule has 1 saturated heterocycles.